The molecule has 0 bridgehead atoms. The predicted octanol–water partition coefficient (Wildman–Crippen LogP) is 3.16. The van der Waals surface area contributed by atoms with E-state index in [1.807, 2.05) is 30.3 Å². The van der Waals surface area contributed by atoms with Gasteiger partial charge in [-0.2, -0.15) is 0 Å². The smallest absolute Gasteiger partial charge is 0.244 e. The van der Waals surface area contributed by atoms with Gasteiger partial charge in [0.1, 0.15) is 6.04 Å². The number of halogens is 1. The van der Waals surface area contributed by atoms with E-state index < -0.39 is 0 Å². The molecule has 120 valence electrons. The first kappa shape index (κ1) is 17.0. The van der Waals surface area contributed by atoms with E-state index in [0.717, 1.165) is 5.69 Å². The second-order valence-electron chi connectivity index (χ2n) is 5.16. The van der Waals surface area contributed by atoms with Crippen molar-refractivity contribution in [2.24, 2.45) is 0 Å². The molecule has 1 heterocycles. The van der Waals surface area contributed by atoms with Gasteiger partial charge < -0.3 is 10.2 Å². The highest BCUT2D eigenvalue weighted by Crippen LogP contribution is 2.23. The number of carbonyl (C=O) groups excluding carboxylic acids is 2. The third kappa shape index (κ3) is 3.71. The number of nitrogens with zero attached hydrogens (tertiary/aromatic N) is 1. The molecule has 1 amide bonds. The number of nitrogens with one attached hydrogen (secondary N) is 1. The van der Waals surface area contributed by atoms with Crippen LogP contribution in [0.5, 0.6) is 0 Å². The Morgan fingerprint density at radius 3 is 2.48 bits per heavy atom. The van der Waals surface area contributed by atoms with E-state index >= 15 is 0 Å². The van der Waals surface area contributed by atoms with Crippen LogP contribution in [0.15, 0.2) is 54.6 Å². The standard InChI is InChI=1S/C17H15ClN2O2.CH4/c18-13-7-4-8-14(9-13)20(15-10-19-17(15)22)11-16(21)12-5-2-1-3-6-12;/h1-9,15H,10-11H2,(H,19,22);1H4. The van der Waals surface area contributed by atoms with Crippen molar-refractivity contribution in [3.8, 4) is 0 Å². The fourth-order valence-electron chi connectivity index (χ4n) is 2.43. The number of Topliss-reactive ketones (excluding diaryl/α,β-unsaturated/α-hetero) is 1. The van der Waals surface area contributed by atoms with Crippen LogP contribution in [0.2, 0.25) is 5.02 Å². The highest BCUT2D eigenvalue weighted by atomic mass is 35.5. The van der Waals surface area contributed by atoms with Crippen molar-refractivity contribution in [2.45, 2.75) is 13.5 Å². The van der Waals surface area contributed by atoms with Crippen molar-refractivity contribution in [3.05, 3.63) is 65.2 Å². The number of ketones is 1. The lowest BCUT2D eigenvalue weighted by atomic mass is 10.1. The molecule has 1 N–H and O–H groups in total. The first-order valence-electron chi connectivity index (χ1n) is 7.03. The van der Waals surface area contributed by atoms with Crippen LogP contribution in [-0.2, 0) is 4.79 Å². The molecule has 0 saturated carbocycles. The maximum absolute atomic E-state index is 12.5. The molecule has 1 saturated heterocycles. The summed E-state index contributed by atoms with van der Waals surface area (Å²) in [4.78, 5) is 26.0. The normalized spacial score (nSPS) is 15.9. The van der Waals surface area contributed by atoms with Gasteiger partial charge in [-0.3, -0.25) is 9.59 Å². The lowest BCUT2D eigenvalue weighted by Crippen LogP contribution is -2.63. The van der Waals surface area contributed by atoms with Gasteiger partial charge in [0.15, 0.2) is 5.78 Å². The maximum Gasteiger partial charge on any atom is 0.244 e. The van der Waals surface area contributed by atoms with E-state index in [1.165, 1.54) is 0 Å². The molecule has 5 heteroatoms. The maximum atomic E-state index is 12.5. The van der Waals surface area contributed by atoms with Gasteiger partial charge in [0, 0.05) is 22.8 Å². The van der Waals surface area contributed by atoms with E-state index in [1.54, 1.807) is 29.2 Å². The molecular weight excluding hydrogens is 312 g/mol. The Kier molecular flexibility index (Phi) is 5.40. The van der Waals surface area contributed by atoms with Crippen LogP contribution >= 0.6 is 11.6 Å². The van der Waals surface area contributed by atoms with Crippen LogP contribution in [0.3, 0.4) is 0 Å². The summed E-state index contributed by atoms with van der Waals surface area (Å²) in [6.07, 6.45) is 0. The zero-order valence-corrected chi connectivity index (χ0v) is 12.6. The van der Waals surface area contributed by atoms with Crippen molar-refractivity contribution < 1.29 is 9.59 Å². The zero-order chi connectivity index (χ0) is 15.5. The largest absolute Gasteiger partial charge is 0.352 e. The minimum Gasteiger partial charge on any atom is -0.352 e. The minimum atomic E-state index is -0.328. The van der Waals surface area contributed by atoms with Crippen molar-refractivity contribution in [2.75, 3.05) is 18.0 Å². The van der Waals surface area contributed by atoms with Crippen LogP contribution < -0.4 is 10.2 Å². The van der Waals surface area contributed by atoms with Gasteiger partial charge in [-0.15, -0.1) is 0 Å². The lowest BCUT2D eigenvalue weighted by Gasteiger charge is -2.38. The van der Waals surface area contributed by atoms with Gasteiger partial charge in [0.2, 0.25) is 5.91 Å². The van der Waals surface area contributed by atoms with Gasteiger partial charge in [-0.1, -0.05) is 55.4 Å². The predicted molar refractivity (Wildman–Crippen MR) is 93.1 cm³/mol. The van der Waals surface area contributed by atoms with Gasteiger partial charge in [-0.05, 0) is 18.2 Å². The van der Waals surface area contributed by atoms with Crippen LogP contribution in [0.25, 0.3) is 0 Å². The Morgan fingerprint density at radius 2 is 1.91 bits per heavy atom. The molecule has 0 aliphatic carbocycles. The Balaban J connectivity index is 0.00000192. The molecule has 23 heavy (non-hydrogen) atoms. The molecule has 1 fully saturated rings. The molecule has 1 aliphatic rings. The minimum absolute atomic E-state index is 0. The Morgan fingerprint density at radius 1 is 1.17 bits per heavy atom. The number of hydrogen-bond donors (Lipinski definition) is 1. The van der Waals surface area contributed by atoms with Gasteiger partial charge in [0.25, 0.3) is 0 Å². The molecule has 4 nitrogen and oxygen atoms in total. The molecule has 0 spiro atoms. The second kappa shape index (κ2) is 7.29. The monoisotopic (exact) mass is 330 g/mol. The highest BCUT2D eigenvalue weighted by molar-refractivity contribution is 6.30. The summed E-state index contributed by atoms with van der Waals surface area (Å²) in [5.74, 6) is -0.0962. The average molecular weight is 331 g/mol. The number of rotatable bonds is 5. The van der Waals surface area contributed by atoms with Crippen molar-refractivity contribution in [1.29, 1.82) is 0 Å². The van der Waals surface area contributed by atoms with Crippen LogP contribution in [0, 0.1) is 0 Å². The fourth-order valence-corrected chi connectivity index (χ4v) is 2.62. The fraction of sp³-hybridized carbons (Fsp3) is 0.222. The summed E-state index contributed by atoms with van der Waals surface area (Å²) in [6.45, 7) is 0.676. The SMILES string of the molecule is C.O=C(CN(c1cccc(Cl)c1)C1CNC1=O)c1ccccc1. The van der Waals surface area contributed by atoms with Crippen LogP contribution in [0.4, 0.5) is 5.69 Å². The quantitative estimate of drug-likeness (QED) is 0.676. The zero-order valence-electron chi connectivity index (χ0n) is 11.8. The number of anilines is 1. The third-order valence-corrected chi connectivity index (χ3v) is 3.93. The summed E-state index contributed by atoms with van der Waals surface area (Å²) in [5.41, 5.74) is 1.41. The Hall–Kier alpha value is -2.33. The topological polar surface area (TPSA) is 49.4 Å². The molecule has 1 unspecified atom stereocenters. The third-order valence-electron chi connectivity index (χ3n) is 3.70. The number of benzene rings is 2. The molecular formula is C18H19ClN2O2. The molecule has 0 aromatic heterocycles. The summed E-state index contributed by atoms with van der Waals surface area (Å²) >= 11 is 6.03. The summed E-state index contributed by atoms with van der Waals surface area (Å²) in [7, 11) is 0. The van der Waals surface area contributed by atoms with Crippen molar-refractivity contribution in [3.63, 3.8) is 0 Å². The first-order valence-corrected chi connectivity index (χ1v) is 7.41. The van der Waals surface area contributed by atoms with E-state index in [2.05, 4.69) is 5.32 Å². The molecule has 3 rings (SSSR count). The van der Waals surface area contributed by atoms with Crippen LogP contribution in [0.1, 0.15) is 17.8 Å². The molecule has 1 atom stereocenters. The van der Waals surface area contributed by atoms with Crippen molar-refractivity contribution in [1.82, 2.24) is 5.32 Å². The molecule has 2 aromatic rings. The Bertz CT molecular complexity index is 703. The number of β-lactam (4-membered cyclic amide) rings is 1. The number of amides is 1. The Labute approximate surface area is 141 Å². The summed E-state index contributed by atoms with van der Waals surface area (Å²) in [5, 5.41) is 3.29. The van der Waals surface area contributed by atoms with Gasteiger partial charge in [-0.25, -0.2) is 0 Å². The van der Waals surface area contributed by atoms with Gasteiger partial charge >= 0.3 is 0 Å². The van der Waals surface area contributed by atoms with Crippen molar-refractivity contribution >= 4 is 29.0 Å². The second-order valence-corrected chi connectivity index (χ2v) is 5.59. The van der Waals surface area contributed by atoms with E-state index in [4.69, 9.17) is 11.6 Å². The first-order chi connectivity index (χ1) is 10.6. The van der Waals surface area contributed by atoms with E-state index in [9.17, 15) is 9.59 Å². The highest BCUT2D eigenvalue weighted by Gasteiger charge is 2.34. The average Bonchev–Trinajstić information content (AvgIpc) is 2.53. The summed E-state index contributed by atoms with van der Waals surface area (Å²) in [6, 6.07) is 16.0. The van der Waals surface area contributed by atoms with E-state index in [-0.39, 0.29) is 31.7 Å². The molecule has 0 radical (unpaired) electrons. The number of carbonyl (C=O) groups is 2. The lowest BCUT2D eigenvalue weighted by molar-refractivity contribution is -0.127. The summed E-state index contributed by atoms with van der Waals surface area (Å²) < 4.78 is 0. The number of hydrogen-bond acceptors (Lipinski definition) is 3. The molecule has 1 aliphatic heterocycles. The molecule has 2 aromatic carbocycles. The van der Waals surface area contributed by atoms with Crippen LogP contribution in [-0.4, -0.2) is 30.8 Å². The van der Waals surface area contributed by atoms with E-state index in [0.29, 0.717) is 17.1 Å². The van der Waals surface area contributed by atoms with Gasteiger partial charge in [0.05, 0.1) is 6.54 Å².